The maximum absolute atomic E-state index is 13.4. The molecule has 2 aromatic rings. The van der Waals surface area contributed by atoms with Crippen LogP contribution in [0, 0.1) is 5.82 Å². The first kappa shape index (κ1) is 20.3. The predicted molar refractivity (Wildman–Crippen MR) is 101 cm³/mol. The zero-order chi connectivity index (χ0) is 21.6. The van der Waals surface area contributed by atoms with Crippen molar-refractivity contribution in [2.45, 2.75) is 19.0 Å². The average Bonchev–Trinajstić information content (AvgIpc) is 2.94. The van der Waals surface area contributed by atoms with Crippen LogP contribution in [-0.4, -0.2) is 48.1 Å². The van der Waals surface area contributed by atoms with Crippen molar-refractivity contribution < 1.29 is 36.0 Å². The van der Waals surface area contributed by atoms with Gasteiger partial charge in [0.1, 0.15) is 11.9 Å². The van der Waals surface area contributed by atoms with Crippen molar-refractivity contribution in [3.63, 3.8) is 0 Å². The van der Waals surface area contributed by atoms with E-state index in [1.165, 1.54) is 24.3 Å². The first-order chi connectivity index (χ1) is 14.2. The number of rotatable bonds is 5. The predicted octanol–water partition coefficient (Wildman–Crippen LogP) is 2.62. The molecule has 0 aliphatic carbocycles. The molecule has 11 heteroatoms. The summed E-state index contributed by atoms with van der Waals surface area (Å²) in [5, 5.41) is 0.528. The molecule has 2 atom stereocenters. The lowest BCUT2D eigenvalue weighted by Crippen LogP contribution is -2.39. The van der Waals surface area contributed by atoms with Gasteiger partial charge in [-0.15, -0.1) is 4.28 Å². The van der Waals surface area contributed by atoms with Crippen LogP contribution in [0.25, 0.3) is 11.1 Å². The van der Waals surface area contributed by atoms with Gasteiger partial charge in [-0.25, -0.2) is 14.0 Å². The summed E-state index contributed by atoms with van der Waals surface area (Å²) in [4.78, 5) is 26.7. The Morgan fingerprint density at radius 1 is 1.23 bits per heavy atom. The molecule has 4 rings (SSSR count). The Hall–Kier alpha value is -3.02. The molecule has 2 aliphatic heterocycles. The number of esters is 1. The van der Waals surface area contributed by atoms with E-state index in [1.54, 1.807) is 25.1 Å². The molecule has 0 aromatic heterocycles. The molecule has 1 N–H and O–H groups in total. The van der Waals surface area contributed by atoms with E-state index in [9.17, 15) is 22.4 Å². The molecular weight excluding hydrogens is 419 g/mol. The van der Waals surface area contributed by atoms with Gasteiger partial charge in [-0.2, -0.15) is 13.5 Å². The first-order valence-electron chi connectivity index (χ1n) is 9.03. The normalized spacial score (nSPS) is 20.3. The fraction of sp³-hybridized carbons (Fsp3) is 0.263. The largest absolute Gasteiger partial charge is 0.464 e. The van der Waals surface area contributed by atoms with Crippen LogP contribution < -0.4 is 0 Å². The van der Waals surface area contributed by atoms with E-state index in [2.05, 4.69) is 4.28 Å². The van der Waals surface area contributed by atoms with Crippen LogP contribution >= 0.6 is 0 Å². The van der Waals surface area contributed by atoms with Gasteiger partial charge in [0, 0.05) is 0 Å². The quantitative estimate of drug-likeness (QED) is 0.566. The van der Waals surface area contributed by atoms with Crippen LogP contribution in [0.2, 0.25) is 0 Å². The van der Waals surface area contributed by atoms with E-state index in [0.717, 1.165) is 4.90 Å². The maximum Gasteiger partial charge on any atom is 0.418 e. The summed E-state index contributed by atoms with van der Waals surface area (Å²) in [6, 6.07) is 7.64. The number of urea groups is 1. The van der Waals surface area contributed by atoms with E-state index < -0.39 is 40.3 Å². The number of halogens is 1. The number of hydrogen-bond acceptors (Lipinski definition) is 6. The third kappa shape index (κ3) is 3.40. The zero-order valence-corrected chi connectivity index (χ0v) is 16.5. The van der Waals surface area contributed by atoms with Gasteiger partial charge in [0.15, 0.2) is 6.04 Å². The van der Waals surface area contributed by atoms with E-state index in [4.69, 9.17) is 9.29 Å². The highest BCUT2D eigenvalue weighted by molar-refractivity contribution is 7.80. The van der Waals surface area contributed by atoms with E-state index in [1.807, 2.05) is 0 Å². The van der Waals surface area contributed by atoms with Gasteiger partial charge in [-0.3, -0.25) is 4.55 Å². The van der Waals surface area contributed by atoms with Gasteiger partial charge in [0.25, 0.3) is 0 Å². The van der Waals surface area contributed by atoms with Crippen molar-refractivity contribution in [3.05, 3.63) is 59.4 Å². The summed E-state index contributed by atoms with van der Waals surface area (Å²) < 4.78 is 54.9. The molecule has 2 heterocycles. The maximum atomic E-state index is 13.4. The molecule has 2 aromatic carbocycles. The zero-order valence-electron chi connectivity index (χ0n) is 15.7. The fourth-order valence-electron chi connectivity index (χ4n) is 3.93. The second kappa shape index (κ2) is 7.35. The number of carbonyl (C=O) groups is 2. The van der Waals surface area contributed by atoms with Crippen molar-refractivity contribution in [3.8, 4) is 11.1 Å². The molecule has 30 heavy (non-hydrogen) atoms. The summed E-state index contributed by atoms with van der Waals surface area (Å²) in [5.74, 6) is -1.12. The topological polar surface area (TPSA) is 113 Å². The molecule has 2 bridgehead atoms. The third-order valence-corrected chi connectivity index (χ3v) is 5.35. The number of ether oxygens (including phenoxy) is 1. The van der Waals surface area contributed by atoms with Crippen LogP contribution in [0.4, 0.5) is 9.18 Å². The molecule has 0 saturated carbocycles. The molecule has 9 nitrogen and oxygen atoms in total. The minimum Gasteiger partial charge on any atom is -0.464 e. The van der Waals surface area contributed by atoms with E-state index in [0.29, 0.717) is 27.3 Å². The molecule has 0 radical (unpaired) electrons. The second-order valence-corrected chi connectivity index (χ2v) is 7.75. The minimum absolute atomic E-state index is 0.0664. The summed E-state index contributed by atoms with van der Waals surface area (Å²) in [7, 11) is -5.00. The van der Waals surface area contributed by atoms with Gasteiger partial charge in [0.05, 0.1) is 13.2 Å². The Kier molecular flexibility index (Phi) is 4.96. The van der Waals surface area contributed by atoms with Crippen molar-refractivity contribution in [1.82, 2.24) is 9.96 Å². The third-order valence-electron chi connectivity index (χ3n) is 5.01. The minimum atomic E-state index is -5.00. The monoisotopic (exact) mass is 436 g/mol. The smallest absolute Gasteiger partial charge is 0.418 e. The highest BCUT2D eigenvalue weighted by Gasteiger charge is 2.53. The van der Waals surface area contributed by atoms with Crippen LogP contribution in [-0.2, 0) is 24.2 Å². The lowest BCUT2D eigenvalue weighted by Gasteiger charge is -2.32. The molecule has 1 saturated heterocycles. The van der Waals surface area contributed by atoms with Gasteiger partial charge in [0.2, 0.25) is 0 Å². The fourth-order valence-corrected chi connectivity index (χ4v) is 4.30. The number of amides is 2. The molecule has 2 aliphatic rings. The van der Waals surface area contributed by atoms with Gasteiger partial charge >= 0.3 is 22.4 Å². The average molecular weight is 436 g/mol. The van der Waals surface area contributed by atoms with Gasteiger partial charge < -0.3 is 9.64 Å². The highest BCUT2D eigenvalue weighted by atomic mass is 32.3. The van der Waals surface area contributed by atoms with Crippen LogP contribution in [0.15, 0.2) is 42.5 Å². The van der Waals surface area contributed by atoms with Crippen LogP contribution in [0.1, 0.15) is 30.1 Å². The Labute approximate surface area is 171 Å². The lowest BCUT2D eigenvalue weighted by atomic mass is 9.85. The molecule has 158 valence electrons. The number of fused-ring (bicyclic) bond motifs is 4. The molecule has 0 spiro atoms. The Morgan fingerprint density at radius 3 is 2.57 bits per heavy atom. The van der Waals surface area contributed by atoms with Crippen molar-refractivity contribution in [2.24, 2.45) is 0 Å². The summed E-state index contributed by atoms with van der Waals surface area (Å²) >= 11 is 0. The van der Waals surface area contributed by atoms with E-state index in [-0.39, 0.29) is 13.2 Å². The summed E-state index contributed by atoms with van der Waals surface area (Å²) in [6.07, 6.45) is 0. The van der Waals surface area contributed by atoms with Crippen molar-refractivity contribution in [2.75, 3.05) is 13.2 Å². The van der Waals surface area contributed by atoms with Crippen LogP contribution in [0.3, 0.4) is 0 Å². The van der Waals surface area contributed by atoms with Gasteiger partial charge in [-0.1, -0.05) is 30.3 Å². The standard InChI is InChI=1S/C19H17FN2O7S/c1-2-28-18(23)17-14-5-3-4-13(11-6-8-12(20)9-7-11)16(14)15-10-21(17)19(24)22(15)29-30(25,26)27/h3-9,15,17H,2,10H2,1H3,(H,25,26,27). The highest BCUT2D eigenvalue weighted by Crippen LogP contribution is 2.48. The number of hydroxylamine groups is 2. The molecule has 1 fully saturated rings. The Morgan fingerprint density at radius 2 is 1.93 bits per heavy atom. The van der Waals surface area contributed by atoms with E-state index >= 15 is 0 Å². The summed E-state index contributed by atoms with van der Waals surface area (Å²) in [6.45, 7) is 1.64. The molecule has 2 unspecified atom stereocenters. The molecule has 2 amide bonds. The van der Waals surface area contributed by atoms with Crippen molar-refractivity contribution >= 4 is 22.4 Å². The van der Waals surface area contributed by atoms with Crippen molar-refractivity contribution in [1.29, 1.82) is 0 Å². The Bertz CT molecular complexity index is 1120. The Balaban J connectivity index is 1.92. The lowest BCUT2D eigenvalue weighted by molar-refractivity contribution is -0.148. The van der Waals surface area contributed by atoms with Crippen LogP contribution in [0.5, 0.6) is 0 Å². The molecular formula is C19H17FN2O7S. The second-order valence-electron chi connectivity index (χ2n) is 6.75. The summed E-state index contributed by atoms with van der Waals surface area (Å²) in [5.41, 5.74) is 2.04. The number of carbonyl (C=O) groups excluding carboxylic acids is 2. The number of benzene rings is 2. The first-order valence-corrected chi connectivity index (χ1v) is 10.4. The number of nitrogens with zero attached hydrogens (tertiary/aromatic N) is 2. The SMILES string of the molecule is CCOC(=O)C1c2cccc(-c3ccc(F)cc3)c2C2CN1C(=O)N2OS(=O)(=O)O. The van der Waals surface area contributed by atoms with Gasteiger partial charge in [-0.05, 0) is 41.3 Å². The number of hydrogen-bond donors (Lipinski definition) is 1.